The van der Waals surface area contributed by atoms with Gasteiger partial charge in [0.15, 0.2) is 0 Å². The lowest BCUT2D eigenvalue weighted by molar-refractivity contribution is -0.129. The number of aromatic nitrogens is 3. The van der Waals surface area contributed by atoms with Crippen molar-refractivity contribution in [2.75, 3.05) is 55.0 Å². The molecule has 1 amide bonds. The van der Waals surface area contributed by atoms with Crippen molar-refractivity contribution in [3.63, 3.8) is 0 Å². The lowest BCUT2D eigenvalue weighted by atomic mass is 10.3. The predicted molar refractivity (Wildman–Crippen MR) is 81.0 cm³/mol. The van der Waals surface area contributed by atoms with Crippen molar-refractivity contribution in [1.82, 2.24) is 19.9 Å². The molecule has 2 rings (SSSR count). The summed E-state index contributed by atoms with van der Waals surface area (Å²) in [6.07, 6.45) is 0. The standard InChI is InChI=1S/C12H22N8O/c1-4-19(5-2)11-14-10(17-13)15-12(16-11)20-7-6-18(3)9(21)8-20/h4-8,13H2,1-3H3,(H,14,15,16,17). The molecule has 1 fully saturated rings. The van der Waals surface area contributed by atoms with Crippen LogP contribution in [0.5, 0.6) is 0 Å². The Morgan fingerprint density at radius 2 is 1.95 bits per heavy atom. The number of likely N-dealkylation sites (N-methyl/N-ethyl adjacent to an activating group) is 1. The lowest BCUT2D eigenvalue weighted by Gasteiger charge is -2.32. The number of hydrogen-bond acceptors (Lipinski definition) is 8. The Kier molecular flexibility index (Phi) is 4.73. The molecule has 2 heterocycles. The third-order valence-corrected chi connectivity index (χ3v) is 3.53. The van der Waals surface area contributed by atoms with Crippen LogP contribution in [0.4, 0.5) is 17.8 Å². The van der Waals surface area contributed by atoms with E-state index in [2.05, 4.69) is 20.4 Å². The number of amides is 1. The summed E-state index contributed by atoms with van der Waals surface area (Å²) in [5, 5.41) is 0. The van der Waals surface area contributed by atoms with Crippen molar-refractivity contribution in [3.05, 3.63) is 0 Å². The summed E-state index contributed by atoms with van der Waals surface area (Å²) in [5.74, 6) is 6.82. The number of nitrogen functional groups attached to an aromatic ring is 1. The maximum absolute atomic E-state index is 11.8. The van der Waals surface area contributed by atoms with E-state index in [9.17, 15) is 4.79 Å². The van der Waals surface area contributed by atoms with Crippen molar-refractivity contribution in [3.8, 4) is 0 Å². The molecule has 1 aromatic rings. The molecule has 21 heavy (non-hydrogen) atoms. The second-order valence-corrected chi connectivity index (χ2v) is 4.81. The van der Waals surface area contributed by atoms with E-state index in [0.717, 1.165) is 13.1 Å². The first kappa shape index (κ1) is 15.2. The van der Waals surface area contributed by atoms with E-state index in [-0.39, 0.29) is 12.5 Å². The molecular formula is C12H22N8O. The topological polar surface area (TPSA) is 104 Å². The summed E-state index contributed by atoms with van der Waals surface area (Å²) in [6.45, 7) is 7.23. The van der Waals surface area contributed by atoms with Crippen LogP contribution in [-0.2, 0) is 4.79 Å². The van der Waals surface area contributed by atoms with Crippen LogP contribution in [0.25, 0.3) is 0 Å². The number of nitrogens with two attached hydrogens (primary N) is 1. The van der Waals surface area contributed by atoms with Gasteiger partial charge >= 0.3 is 0 Å². The van der Waals surface area contributed by atoms with E-state index in [1.54, 1.807) is 11.9 Å². The molecule has 0 unspecified atom stereocenters. The highest BCUT2D eigenvalue weighted by molar-refractivity contribution is 5.82. The van der Waals surface area contributed by atoms with Gasteiger partial charge in [0.1, 0.15) is 0 Å². The maximum atomic E-state index is 11.8. The molecule has 0 aromatic carbocycles. The van der Waals surface area contributed by atoms with Gasteiger partial charge in [-0.3, -0.25) is 10.2 Å². The molecule has 1 aliphatic heterocycles. The SMILES string of the molecule is CCN(CC)c1nc(NN)nc(N2CCN(C)C(=O)C2)n1. The Morgan fingerprint density at radius 3 is 2.52 bits per heavy atom. The summed E-state index contributed by atoms with van der Waals surface area (Å²) in [5.41, 5.74) is 2.46. The van der Waals surface area contributed by atoms with Crippen molar-refractivity contribution in [2.45, 2.75) is 13.8 Å². The molecule has 1 aromatic heterocycles. The third-order valence-electron chi connectivity index (χ3n) is 3.53. The van der Waals surface area contributed by atoms with E-state index < -0.39 is 0 Å². The summed E-state index contributed by atoms with van der Waals surface area (Å²) >= 11 is 0. The minimum Gasteiger partial charge on any atom is -0.342 e. The van der Waals surface area contributed by atoms with Gasteiger partial charge in [0.05, 0.1) is 6.54 Å². The second kappa shape index (κ2) is 6.53. The van der Waals surface area contributed by atoms with E-state index in [1.807, 2.05) is 23.6 Å². The minimum atomic E-state index is 0.0494. The molecule has 9 heteroatoms. The van der Waals surface area contributed by atoms with Crippen LogP contribution in [0.15, 0.2) is 0 Å². The number of anilines is 3. The molecule has 9 nitrogen and oxygen atoms in total. The number of carbonyl (C=O) groups is 1. The van der Waals surface area contributed by atoms with Gasteiger partial charge in [0, 0.05) is 33.2 Å². The third kappa shape index (κ3) is 3.30. The smallest absolute Gasteiger partial charge is 0.243 e. The van der Waals surface area contributed by atoms with Crippen LogP contribution >= 0.6 is 0 Å². The first-order valence-corrected chi connectivity index (χ1v) is 7.05. The molecule has 0 radical (unpaired) electrons. The van der Waals surface area contributed by atoms with Crippen molar-refractivity contribution >= 4 is 23.8 Å². The second-order valence-electron chi connectivity index (χ2n) is 4.81. The Balaban J connectivity index is 2.30. The maximum Gasteiger partial charge on any atom is 0.243 e. The Bertz CT molecular complexity index is 504. The molecule has 0 aliphatic carbocycles. The van der Waals surface area contributed by atoms with E-state index in [0.29, 0.717) is 30.9 Å². The fourth-order valence-electron chi connectivity index (χ4n) is 2.14. The van der Waals surface area contributed by atoms with Crippen LogP contribution in [0.1, 0.15) is 13.8 Å². The van der Waals surface area contributed by atoms with Crippen LogP contribution in [0.3, 0.4) is 0 Å². The monoisotopic (exact) mass is 294 g/mol. The molecule has 0 bridgehead atoms. The number of nitrogens with zero attached hydrogens (tertiary/aromatic N) is 6. The Hall–Kier alpha value is -2.16. The van der Waals surface area contributed by atoms with Crippen molar-refractivity contribution in [1.29, 1.82) is 0 Å². The summed E-state index contributed by atoms with van der Waals surface area (Å²) in [7, 11) is 1.79. The number of nitrogens with one attached hydrogen (secondary N) is 1. The van der Waals surface area contributed by atoms with Gasteiger partial charge in [-0.15, -0.1) is 0 Å². The first-order valence-electron chi connectivity index (χ1n) is 7.05. The van der Waals surface area contributed by atoms with E-state index >= 15 is 0 Å². The van der Waals surface area contributed by atoms with Gasteiger partial charge in [0.25, 0.3) is 0 Å². The summed E-state index contributed by atoms with van der Waals surface area (Å²) < 4.78 is 0. The number of hydrogen-bond donors (Lipinski definition) is 2. The normalized spacial score (nSPS) is 15.3. The fraction of sp³-hybridized carbons (Fsp3) is 0.667. The average Bonchev–Trinajstić information content (AvgIpc) is 2.51. The van der Waals surface area contributed by atoms with Gasteiger partial charge in [-0.2, -0.15) is 15.0 Å². The molecule has 3 N–H and O–H groups in total. The zero-order valence-electron chi connectivity index (χ0n) is 12.7. The summed E-state index contributed by atoms with van der Waals surface area (Å²) in [4.78, 5) is 30.4. The molecule has 0 spiro atoms. The van der Waals surface area contributed by atoms with E-state index in [1.165, 1.54) is 0 Å². The van der Waals surface area contributed by atoms with Crippen molar-refractivity contribution < 1.29 is 4.79 Å². The van der Waals surface area contributed by atoms with Crippen LogP contribution in [-0.4, -0.2) is 65.5 Å². The van der Waals surface area contributed by atoms with Gasteiger partial charge in [-0.1, -0.05) is 0 Å². The highest BCUT2D eigenvalue weighted by atomic mass is 16.2. The molecular weight excluding hydrogens is 272 g/mol. The first-order chi connectivity index (χ1) is 10.1. The lowest BCUT2D eigenvalue weighted by Crippen LogP contribution is -2.49. The van der Waals surface area contributed by atoms with Crippen LogP contribution < -0.4 is 21.1 Å². The number of piperazine rings is 1. The Labute approximate surface area is 124 Å². The quantitative estimate of drug-likeness (QED) is 0.542. The highest BCUT2D eigenvalue weighted by Crippen LogP contribution is 2.17. The van der Waals surface area contributed by atoms with Gasteiger partial charge < -0.3 is 14.7 Å². The zero-order chi connectivity index (χ0) is 15.4. The molecule has 0 atom stereocenters. The molecule has 0 saturated carbocycles. The van der Waals surface area contributed by atoms with Crippen molar-refractivity contribution in [2.24, 2.45) is 5.84 Å². The molecule has 1 saturated heterocycles. The number of rotatable bonds is 5. The summed E-state index contributed by atoms with van der Waals surface area (Å²) in [6, 6.07) is 0. The largest absolute Gasteiger partial charge is 0.342 e. The Morgan fingerprint density at radius 1 is 1.24 bits per heavy atom. The number of carbonyl (C=O) groups excluding carboxylic acids is 1. The predicted octanol–water partition coefficient (Wildman–Crippen LogP) is -0.718. The van der Waals surface area contributed by atoms with E-state index in [4.69, 9.17) is 5.84 Å². The average molecular weight is 294 g/mol. The highest BCUT2D eigenvalue weighted by Gasteiger charge is 2.24. The number of hydrazine groups is 1. The fourth-order valence-corrected chi connectivity index (χ4v) is 2.14. The van der Waals surface area contributed by atoms with Gasteiger partial charge in [-0.05, 0) is 13.8 Å². The zero-order valence-corrected chi connectivity index (χ0v) is 12.7. The van der Waals surface area contributed by atoms with Crippen LogP contribution in [0.2, 0.25) is 0 Å². The molecule has 1 aliphatic rings. The van der Waals surface area contributed by atoms with Crippen LogP contribution in [0, 0.1) is 0 Å². The van der Waals surface area contributed by atoms with Gasteiger partial charge in [0.2, 0.25) is 23.8 Å². The molecule has 116 valence electrons. The van der Waals surface area contributed by atoms with Gasteiger partial charge in [-0.25, -0.2) is 5.84 Å². The minimum absolute atomic E-state index is 0.0494.